The van der Waals surface area contributed by atoms with Gasteiger partial charge in [0.1, 0.15) is 0 Å². The van der Waals surface area contributed by atoms with E-state index in [9.17, 15) is 16.8 Å². The minimum atomic E-state index is -3.88. The fraction of sp³-hybridized carbons (Fsp3) is 0.111. The molecule has 7 nitrogen and oxygen atoms in total. The third kappa shape index (κ3) is 3.90. The molecule has 0 saturated carbocycles. The summed E-state index contributed by atoms with van der Waals surface area (Å²) in [7, 11) is -4.67. The molecule has 0 amide bonds. The lowest BCUT2D eigenvalue weighted by molar-refractivity contribution is 0.520. The molecule has 0 aliphatic rings. The summed E-state index contributed by atoms with van der Waals surface area (Å²) in [5.41, 5.74) is 1.09. The predicted octanol–water partition coefficient (Wildman–Crippen LogP) is 2.53. The van der Waals surface area contributed by atoms with Crippen LogP contribution in [0.4, 0.5) is 5.69 Å². The molecule has 142 valence electrons. The monoisotopic (exact) mass is 405 g/mol. The van der Waals surface area contributed by atoms with Crippen molar-refractivity contribution >= 4 is 25.7 Å². The summed E-state index contributed by atoms with van der Waals surface area (Å²) in [5, 5.41) is 0. The first-order valence-electron chi connectivity index (χ1n) is 7.99. The molecule has 0 spiro atoms. The Labute approximate surface area is 159 Å². The number of rotatable bonds is 6. The van der Waals surface area contributed by atoms with E-state index in [1.165, 1.54) is 38.4 Å². The van der Waals surface area contributed by atoms with Gasteiger partial charge in [-0.15, -0.1) is 0 Å². The standard InChI is InChI=1S/C18H19N3O4S2/c1-20(2)27(24,25)16-11-9-15(10-12-16)26(22,23)19-17-7-3-4-8-18(17)21-13-5-6-14-21/h3-14,19H,1-2H3. The van der Waals surface area contributed by atoms with Crippen molar-refractivity contribution in [3.05, 3.63) is 73.1 Å². The molecule has 1 heterocycles. The lowest BCUT2D eigenvalue weighted by atomic mass is 10.3. The Hall–Kier alpha value is -2.62. The highest BCUT2D eigenvalue weighted by molar-refractivity contribution is 7.92. The number of nitrogens with zero attached hydrogens (tertiary/aromatic N) is 2. The van der Waals surface area contributed by atoms with Gasteiger partial charge < -0.3 is 4.57 Å². The molecule has 0 unspecified atom stereocenters. The number of para-hydroxylation sites is 2. The molecule has 3 rings (SSSR count). The number of nitrogens with one attached hydrogen (secondary N) is 1. The van der Waals surface area contributed by atoms with Crippen LogP contribution in [0.3, 0.4) is 0 Å². The van der Waals surface area contributed by atoms with Gasteiger partial charge in [0.15, 0.2) is 0 Å². The van der Waals surface area contributed by atoms with E-state index in [4.69, 9.17) is 0 Å². The molecule has 0 bridgehead atoms. The van der Waals surface area contributed by atoms with Crippen molar-refractivity contribution in [2.45, 2.75) is 9.79 Å². The Morgan fingerprint density at radius 2 is 1.33 bits per heavy atom. The summed E-state index contributed by atoms with van der Waals surface area (Å²) >= 11 is 0. The van der Waals surface area contributed by atoms with Crippen LogP contribution in [0.1, 0.15) is 0 Å². The fourth-order valence-corrected chi connectivity index (χ4v) is 4.46. The lowest BCUT2D eigenvalue weighted by Crippen LogP contribution is -2.22. The molecule has 0 aliphatic carbocycles. The van der Waals surface area contributed by atoms with Crippen LogP contribution in [0.15, 0.2) is 82.8 Å². The number of hydrogen-bond acceptors (Lipinski definition) is 4. The Balaban J connectivity index is 1.93. The summed E-state index contributed by atoms with van der Waals surface area (Å²) < 4.78 is 55.1. The number of anilines is 1. The lowest BCUT2D eigenvalue weighted by Gasteiger charge is -2.14. The van der Waals surface area contributed by atoms with Crippen molar-refractivity contribution in [2.24, 2.45) is 0 Å². The normalized spacial score (nSPS) is 12.3. The van der Waals surface area contributed by atoms with E-state index in [0.717, 1.165) is 4.31 Å². The SMILES string of the molecule is CN(C)S(=O)(=O)c1ccc(S(=O)(=O)Nc2ccccc2-n2cccc2)cc1. The van der Waals surface area contributed by atoms with Crippen LogP contribution in [0, 0.1) is 0 Å². The van der Waals surface area contributed by atoms with Crippen molar-refractivity contribution in [1.29, 1.82) is 0 Å². The smallest absolute Gasteiger partial charge is 0.261 e. The van der Waals surface area contributed by atoms with Crippen molar-refractivity contribution in [2.75, 3.05) is 18.8 Å². The maximum absolute atomic E-state index is 12.7. The third-order valence-corrected chi connectivity index (χ3v) is 7.15. The van der Waals surface area contributed by atoms with Gasteiger partial charge in [0.05, 0.1) is 21.2 Å². The highest BCUT2D eigenvalue weighted by atomic mass is 32.2. The van der Waals surface area contributed by atoms with Gasteiger partial charge in [0, 0.05) is 26.5 Å². The molecule has 1 N–H and O–H groups in total. The van der Waals surface area contributed by atoms with Gasteiger partial charge in [0.25, 0.3) is 10.0 Å². The number of hydrogen-bond donors (Lipinski definition) is 1. The summed E-state index contributed by atoms with van der Waals surface area (Å²) in [5.74, 6) is 0. The molecule has 0 atom stereocenters. The van der Waals surface area contributed by atoms with Gasteiger partial charge in [-0.05, 0) is 48.5 Å². The van der Waals surface area contributed by atoms with Crippen LogP contribution in [0.2, 0.25) is 0 Å². The molecule has 1 aromatic heterocycles. The third-order valence-electron chi connectivity index (χ3n) is 3.94. The van der Waals surface area contributed by atoms with Crippen molar-refractivity contribution < 1.29 is 16.8 Å². The average Bonchev–Trinajstić information content (AvgIpc) is 3.16. The molecule has 0 fully saturated rings. The minimum absolute atomic E-state index is 0.0254. The zero-order valence-electron chi connectivity index (χ0n) is 14.8. The highest BCUT2D eigenvalue weighted by Crippen LogP contribution is 2.24. The van der Waals surface area contributed by atoms with Crippen LogP contribution < -0.4 is 4.72 Å². The van der Waals surface area contributed by atoms with E-state index < -0.39 is 20.0 Å². The Kier molecular flexibility index (Phi) is 5.09. The quantitative estimate of drug-likeness (QED) is 0.683. The van der Waals surface area contributed by atoms with Crippen LogP contribution in [0.25, 0.3) is 5.69 Å². The number of benzene rings is 2. The molecule has 2 aromatic carbocycles. The van der Waals surface area contributed by atoms with Gasteiger partial charge >= 0.3 is 0 Å². The first-order valence-corrected chi connectivity index (χ1v) is 10.9. The summed E-state index contributed by atoms with van der Waals surface area (Å²) in [4.78, 5) is 0.00158. The van der Waals surface area contributed by atoms with Crippen molar-refractivity contribution in [1.82, 2.24) is 8.87 Å². The summed E-state index contributed by atoms with van der Waals surface area (Å²) in [6, 6.07) is 15.8. The predicted molar refractivity (Wildman–Crippen MR) is 104 cm³/mol. The van der Waals surface area contributed by atoms with E-state index in [2.05, 4.69) is 4.72 Å². The zero-order valence-corrected chi connectivity index (χ0v) is 16.4. The second-order valence-corrected chi connectivity index (χ2v) is 9.81. The molecular weight excluding hydrogens is 386 g/mol. The molecule has 27 heavy (non-hydrogen) atoms. The molecule has 3 aromatic rings. The maximum Gasteiger partial charge on any atom is 0.261 e. The average molecular weight is 406 g/mol. The largest absolute Gasteiger partial charge is 0.322 e. The van der Waals surface area contributed by atoms with Crippen LogP contribution in [0.5, 0.6) is 0 Å². The molecule has 0 aliphatic heterocycles. The van der Waals surface area contributed by atoms with E-state index >= 15 is 0 Å². The van der Waals surface area contributed by atoms with Gasteiger partial charge in [-0.25, -0.2) is 21.1 Å². The first-order chi connectivity index (χ1) is 12.7. The van der Waals surface area contributed by atoms with Crippen LogP contribution in [-0.2, 0) is 20.0 Å². The Morgan fingerprint density at radius 1 is 0.778 bits per heavy atom. The number of sulfonamides is 2. The topological polar surface area (TPSA) is 88.5 Å². The summed E-state index contributed by atoms with van der Waals surface area (Å²) in [6.07, 6.45) is 3.63. The maximum atomic E-state index is 12.7. The van der Waals surface area contributed by atoms with Crippen molar-refractivity contribution in [3.63, 3.8) is 0 Å². The molecular formula is C18H19N3O4S2. The zero-order chi connectivity index (χ0) is 19.7. The first kappa shape index (κ1) is 19.2. The van der Waals surface area contributed by atoms with Gasteiger partial charge in [-0.1, -0.05) is 12.1 Å². The van der Waals surface area contributed by atoms with Crippen molar-refractivity contribution in [3.8, 4) is 5.69 Å². The summed E-state index contributed by atoms with van der Waals surface area (Å²) in [6.45, 7) is 0. The molecule has 0 saturated heterocycles. The Morgan fingerprint density at radius 3 is 1.93 bits per heavy atom. The molecule has 9 heteroatoms. The second-order valence-electron chi connectivity index (χ2n) is 5.97. The van der Waals surface area contributed by atoms with E-state index in [0.29, 0.717) is 11.4 Å². The second kappa shape index (κ2) is 7.18. The minimum Gasteiger partial charge on any atom is -0.322 e. The van der Waals surface area contributed by atoms with E-state index in [1.54, 1.807) is 22.8 Å². The van der Waals surface area contributed by atoms with E-state index in [-0.39, 0.29) is 9.79 Å². The van der Waals surface area contributed by atoms with Crippen LogP contribution in [-0.4, -0.2) is 39.8 Å². The molecule has 0 radical (unpaired) electrons. The number of aromatic nitrogens is 1. The van der Waals surface area contributed by atoms with Gasteiger partial charge in [0.2, 0.25) is 10.0 Å². The fourth-order valence-electron chi connectivity index (χ4n) is 2.49. The highest BCUT2D eigenvalue weighted by Gasteiger charge is 2.20. The van der Waals surface area contributed by atoms with Gasteiger partial charge in [-0.2, -0.15) is 0 Å². The van der Waals surface area contributed by atoms with E-state index in [1.807, 2.05) is 30.6 Å². The van der Waals surface area contributed by atoms with Gasteiger partial charge in [-0.3, -0.25) is 4.72 Å². The Bertz CT molecular complexity index is 1140. The van der Waals surface area contributed by atoms with Crippen LogP contribution >= 0.6 is 0 Å².